The average Bonchev–Trinajstić information content (AvgIpc) is 2.51. The second kappa shape index (κ2) is 5.39. The molecule has 1 aliphatic rings. The summed E-state index contributed by atoms with van der Waals surface area (Å²) in [4.78, 5) is 25.8. The Bertz CT molecular complexity index is 799. The molecule has 0 saturated heterocycles. The fourth-order valence-electron chi connectivity index (χ4n) is 2.39. The number of anilines is 1. The van der Waals surface area contributed by atoms with Gasteiger partial charge >= 0.3 is 0 Å². The maximum atomic E-state index is 12.6. The first kappa shape index (κ1) is 13.9. The molecule has 2 N–H and O–H groups in total. The van der Waals surface area contributed by atoms with Crippen molar-refractivity contribution in [3.05, 3.63) is 69.6 Å². The molecule has 0 heterocycles. The Morgan fingerprint density at radius 1 is 0.952 bits per heavy atom. The van der Waals surface area contributed by atoms with E-state index in [1.165, 1.54) is 17.3 Å². The number of carbonyl (C=O) groups excluding carboxylic acids is 2. The maximum absolute atomic E-state index is 12.6. The zero-order valence-electron chi connectivity index (χ0n) is 10.8. The van der Waals surface area contributed by atoms with Crippen LogP contribution in [0.4, 0.5) is 5.69 Å². The van der Waals surface area contributed by atoms with Crippen LogP contribution in [0.5, 0.6) is 0 Å². The first-order valence-corrected chi connectivity index (χ1v) is 7.49. The van der Waals surface area contributed by atoms with E-state index in [2.05, 4.69) is 0 Å². The molecule has 0 unspecified atom stereocenters. The zero-order chi connectivity index (χ0) is 15.0. The van der Waals surface area contributed by atoms with E-state index in [0.717, 1.165) is 0 Å². The first-order chi connectivity index (χ1) is 10.1. The summed E-state index contributed by atoms with van der Waals surface area (Å²) in [5.41, 5.74) is 9.24. The smallest absolute Gasteiger partial charge is 0.196 e. The van der Waals surface area contributed by atoms with Crippen molar-refractivity contribution in [2.75, 3.05) is 5.73 Å². The quantitative estimate of drug-likeness (QED) is 0.576. The Balaban J connectivity index is 2.21. The molecule has 104 valence electrons. The van der Waals surface area contributed by atoms with Gasteiger partial charge < -0.3 is 5.73 Å². The Labute approximate surface area is 130 Å². The average molecular weight is 316 g/mol. The van der Waals surface area contributed by atoms with E-state index in [9.17, 15) is 9.59 Å². The normalized spacial score (nSPS) is 13.4. The van der Waals surface area contributed by atoms with Crippen LogP contribution in [0.1, 0.15) is 31.8 Å². The molecule has 0 atom stereocenters. The van der Waals surface area contributed by atoms with Crippen molar-refractivity contribution < 1.29 is 9.59 Å². The van der Waals surface area contributed by atoms with E-state index in [4.69, 9.17) is 17.3 Å². The van der Waals surface area contributed by atoms with Crippen LogP contribution in [-0.2, 0) is 0 Å². The molecule has 3 rings (SSSR count). The number of rotatable bonds is 2. The van der Waals surface area contributed by atoms with E-state index in [0.29, 0.717) is 27.3 Å². The first-order valence-electron chi connectivity index (χ1n) is 6.18. The largest absolute Gasteiger partial charge is 0.397 e. The Morgan fingerprint density at radius 3 is 2.29 bits per heavy atom. The molecule has 0 bridgehead atoms. The van der Waals surface area contributed by atoms with Crippen molar-refractivity contribution in [3.63, 3.8) is 0 Å². The summed E-state index contributed by atoms with van der Waals surface area (Å²) in [6.45, 7) is 0. The third-order valence-corrected chi connectivity index (χ3v) is 4.50. The number of halogens is 1. The highest BCUT2D eigenvalue weighted by molar-refractivity contribution is 8.02. The SMILES string of the molecule is Nc1c(SC=CCl)ccc2c1C(=O)c1ccccc1C2=O. The summed E-state index contributed by atoms with van der Waals surface area (Å²) in [7, 11) is 0. The molecule has 0 aromatic heterocycles. The highest BCUT2D eigenvalue weighted by atomic mass is 35.5. The van der Waals surface area contributed by atoms with Crippen molar-refractivity contribution in [2.45, 2.75) is 4.90 Å². The number of fused-ring (bicyclic) bond motifs is 2. The Hall–Kier alpha value is -2.04. The summed E-state index contributed by atoms with van der Waals surface area (Å²) in [5, 5.41) is 1.66. The lowest BCUT2D eigenvalue weighted by Crippen LogP contribution is -2.22. The third kappa shape index (κ3) is 2.17. The van der Waals surface area contributed by atoms with Crippen molar-refractivity contribution in [1.29, 1.82) is 0 Å². The molecule has 0 saturated carbocycles. The van der Waals surface area contributed by atoms with Gasteiger partial charge in [-0.3, -0.25) is 9.59 Å². The van der Waals surface area contributed by atoms with Gasteiger partial charge in [0.25, 0.3) is 0 Å². The lowest BCUT2D eigenvalue weighted by molar-refractivity contribution is 0.0979. The minimum atomic E-state index is -0.213. The van der Waals surface area contributed by atoms with Gasteiger partial charge in [-0.25, -0.2) is 0 Å². The van der Waals surface area contributed by atoms with Crippen LogP contribution in [0.3, 0.4) is 0 Å². The molecule has 5 heteroatoms. The summed E-state index contributed by atoms with van der Waals surface area (Å²) in [6.07, 6.45) is 0. The Kier molecular flexibility index (Phi) is 3.57. The topological polar surface area (TPSA) is 60.2 Å². The standard InChI is InChI=1S/C16H10ClNO2S/c17-7-8-21-12-6-5-11-13(14(12)18)16(20)10-4-2-1-3-9(10)15(11)19/h1-8H,18H2. The van der Waals surface area contributed by atoms with Crippen LogP contribution in [-0.4, -0.2) is 11.6 Å². The second-order valence-electron chi connectivity index (χ2n) is 4.48. The van der Waals surface area contributed by atoms with E-state index >= 15 is 0 Å². The van der Waals surface area contributed by atoms with Gasteiger partial charge in [-0.2, -0.15) is 0 Å². The van der Waals surface area contributed by atoms with Crippen molar-refractivity contribution in [3.8, 4) is 0 Å². The lowest BCUT2D eigenvalue weighted by Gasteiger charge is -2.20. The minimum Gasteiger partial charge on any atom is -0.397 e. The predicted molar refractivity (Wildman–Crippen MR) is 85.0 cm³/mol. The van der Waals surface area contributed by atoms with Gasteiger partial charge in [0.2, 0.25) is 0 Å². The molecule has 0 aliphatic heterocycles. The number of nitrogen functional groups attached to an aromatic ring is 1. The highest BCUT2D eigenvalue weighted by Gasteiger charge is 2.31. The van der Waals surface area contributed by atoms with Crippen LogP contribution in [0, 0.1) is 0 Å². The summed E-state index contributed by atoms with van der Waals surface area (Å²) >= 11 is 6.81. The predicted octanol–water partition coefficient (Wildman–Crippen LogP) is 3.85. The van der Waals surface area contributed by atoms with Crippen LogP contribution in [0.2, 0.25) is 0 Å². The molecular formula is C16H10ClNO2S. The molecule has 1 aliphatic carbocycles. The summed E-state index contributed by atoms with van der Waals surface area (Å²) in [6, 6.07) is 10.2. The third-order valence-electron chi connectivity index (χ3n) is 3.34. The molecule has 21 heavy (non-hydrogen) atoms. The minimum absolute atomic E-state index is 0.170. The molecule has 0 amide bonds. The van der Waals surface area contributed by atoms with E-state index in [1.54, 1.807) is 41.8 Å². The molecule has 0 spiro atoms. The molecular weight excluding hydrogens is 306 g/mol. The number of hydrogen-bond donors (Lipinski definition) is 1. The van der Waals surface area contributed by atoms with Gasteiger partial charge in [0.1, 0.15) is 0 Å². The number of benzene rings is 2. The molecule has 2 aromatic rings. The number of carbonyl (C=O) groups is 2. The van der Waals surface area contributed by atoms with Gasteiger partial charge in [-0.15, -0.1) is 0 Å². The van der Waals surface area contributed by atoms with Gasteiger partial charge in [0.15, 0.2) is 11.6 Å². The van der Waals surface area contributed by atoms with Crippen LogP contribution >= 0.6 is 23.4 Å². The highest BCUT2D eigenvalue weighted by Crippen LogP contribution is 2.36. The number of ketones is 2. The van der Waals surface area contributed by atoms with Crippen molar-refractivity contribution >= 4 is 40.6 Å². The van der Waals surface area contributed by atoms with E-state index in [-0.39, 0.29) is 17.1 Å². The number of nitrogens with two attached hydrogens (primary N) is 1. The second-order valence-corrected chi connectivity index (χ2v) is 5.68. The van der Waals surface area contributed by atoms with Crippen LogP contribution < -0.4 is 5.73 Å². The maximum Gasteiger partial charge on any atom is 0.196 e. The molecule has 0 fully saturated rings. The lowest BCUT2D eigenvalue weighted by atomic mass is 9.83. The fraction of sp³-hybridized carbons (Fsp3) is 0. The fourth-order valence-corrected chi connectivity index (χ4v) is 3.12. The molecule has 2 aromatic carbocycles. The Morgan fingerprint density at radius 2 is 1.62 bits per heavy atom. The summed E-state index contributed by atoms with van der Waals surface area (Å²) < 4.78 is 0. The van der Waals surface area contributed by atoms with Crippen molar-refractivity contribution in [2.24, 2.45) is 0 Å². The molecule has 0 radical (unpaired) electrons. The van der Waals surface area contributed by atoms with Crippen LogP contribution in [0.25, 0.3) is 0 Å². The van der Waals surface area contributed by atoms with Gasteiger partial charge in [-0.1, -0.05) is 47.6 Å². The van der Waals surface area contributed by atoms with Gasteiger partial charge in [0, 0.05) is 27.1 Å². The molecule has 3 nitrogen and oxygen atoms in total. The number of hydrogen-bond acceptors (Lipinski definition) is 4. The van der Waals surface area contributed by atoms with E-state index in [1.807, 2.05) is 0 Å². The van der Waals surface area contributed by atoms with E-state index < -0.39 is 0 Å². The van der Waals surface area contributed by atoms with Gasteiger partial charge in [-0.05, 0) is 17.5 Å². The zero-order valence-corrected chi connectivity index (χ0v) is 12.4. The van der Waals surface area contributed by atoms with Crippen LogP contribution in [0.15, 0.2) is 52.2 Å². The van der Waals surface area contributed by atoms with Gasteiger partial charge in [0.05, 0.1) is 11.3 Å². The van der Waals surface area contributed by atoms with Crippen molar-refractivity contribution in [1.82, 2.24) is 0 Å². The summed E-state index contributed by atoms with van der Waals surface area (Å²) in [5.74, 6) is -0.383. The number of thioether (sulfide) groups is 1. The monoisotopic (exact) mass is 315 g/mol.